The number of nitrogens with zero attached hydrogens (tertiary/aromatic N) is 1. The highest BCUT2D eigenvalue weighted by Gasteiger charge is 2.35. The number of piperidine rings is 1. The molecule has 0 radical (unpaired) electrons. The average molecular weight is 520 g/mol. The van der Waals surface area contributed by atoms with Gasteiger partial charge < -0.3 is 20.3 Å². The number of amides is 3. The molecule has 2 aromatic rings. The highest BCUT2D eigenvalue weighted by Crippen LogP contribution is 2.30. The largest absolute Gasteiger partial charge is 0.497 e. The third-order valence-electron chi connectivity index (χ3n) is 6.68. The van der Waals surface area contributed by atoms with Gasteiger partial charge in [0.2, 0.25) is 5.91 Å². The minimum atomic E-state index is -4.47. The molecule has 2 N–H and O–H groups in total. The number of benzene rings is 2. The fraction of sp³-hybridized carbons (Fsp3) is 0.444. The second-order valence-corrected chi connectivity index (χ2v) is 9.20. The lowest BCUT2D eigenvalue weighted by Gasteiger charge is -2.36. The van der Waals surface area contributed by atoms with Crippen LogP contribution in [0.25, 0.3) is 0 Å². The van der Waals surface area contributed by atoms with Gasteiger partial charge in [-0.05, 0) is 80.6 Å². The van der Waals surface area contributed by atoms with E-state index >= 15 is 0 Å². The Hall–Kier alpha value is -3.56. The lowest BCUT2D eigenvalue weighted by Crippen LogP contribution is -2.55. The highest BCUT2D eigenvalue weighted by molar-refractivity contribution is 5.98. The number of rotatable bonds is 8. The van der Waals surface area contributed by atoms with Crippen LogP contribution in [0.4, 0.5) is 13.2 Å². The molecule has 1 aliphatic heterocycles. The zero-order valence-electron chi connectivity index (χ0n) is 21.1. The lowest BCUT2D eigenvalue weighted by molar-refractivity contribution is -0.137. The van der Waals surface area contributed by atoms with Crippen LogP contribution in [0.15, 0.2) is 48.5 Å². The molecular formula is C27H32F3N3O4. The van der Waals surface area contributed by atoms with Crippen molar-refractivity contribution in [1.29, 1.82) is 0 Å². The van der Waals surface area contributed by atoms with Gasteiger partial charge >= 0.3 is 6.18 Å². The molecule has 0 unspecified atom stereocenters. The minimum absolute atomic E-state index is 0.0748. The van der Waals surface area contributed by atoms with E-state index in [0.717, 1.165) is 18.6 Å². The summed E-state index contributed by atoms with van der Waals surface area (Å²) in [6, 6.07) is 9.81. The van der Waals surface area contributed by atoms with Crippen LogP contribution >= 0.6 is 0 Å². The van der Waals surface area contributed by atoms with Gasteiger partial charge in [0, 0.05) is 30.3 Å². The molecule has 37 heavy (non-hydrogen) atoms. The van der Waals surface area contributed by atoms with Crippen molar-refractivity contribution >= 4 is 17.7 Å². The molecule has 1 saturated heterocycles. The molecule has 0 spiro atoms. The zero-order chi connectivity index (χ0) is 27.2. The number of likely N-dealkylation sites (tertiary alicyclic amines) is 1. The zero-order valence-corrected chi connectivity index (χ0v) is 21.1. The van der Waals surface area contributed by atoms with Crippen molar-refractivity contribution in [2.75, 3.05) is 20.2 Å². The molecule has 1 fully saturated rings. The van der Waals surface area contributed by atoms with Gasteiger partial charge in [-0.2, -0.15) is 13.2 Å². The second kappa shape index (κ2) is 12.1. The van der Waals surface area contributed by atoms with E-state index in [1.54, 1.807) is 29.2 Å². The molecule has 0 bridgehead atoms. The predicted molar refractivity (Wildman–Crippen MR) is 132 cm³/mol. The quantitative estimate of drug-likeness (QED) is 0.545. The van der Waals surface area contributed by atoms with Gasteiger partial charge in [0.1, 0.15) is 11.8 Å². The Labute approximate surface area is 214 Å². The first kappa shape index (κ1) is 28.0. The van der Waals surface area contributed by atoms with Gasteiger partial charge in [0.25, 0.3) is 11.8 Å². The van der Waals surface area contributed by atoms with Crippen molar-refractivity contribution in [3.63, 3.8) is 0 Å². The maximum Gasteiger partial charge on any atom is 0.416 e. The van der Waals surface area contributed by atoms with Crippen LogP contribution in [-0.4, -0.2) is 54.9 Å². The monoisotopic (exact) mass is 519 g/mol. The van der Waals surface area contributed by atoms with Crippen molar-refractivity contribution < 1.29 is 32.3 Å². The van der Waals surface area contributed by atoms with Gasteiger partial charge in [0.05, 0.1) is 12.7 Å². The molecule has 2 aromatic carbocycles. The number of methoxy groups -OCH3 is 1. The summed E-state index contributed by atoms with van der Waals surface area (Å²) in [5, 5.41) is 5.80. The number of halogens is 3. The van der Waals surface area contributed by atoms with Crippen molar-refractivity contribution in [3.8, 4) is 5.75 Å². The van der Waals surface area contributed by atoms with Crippen LogP contribution < -0.4 is 15.4 Å². The number of alkyl halides is 3. The maximum atomic E-state index is 13.1. The van der Waals surface area contributed by atoms with Crippen molar-refractivity contribution in [2.45, 2.75) is 51.4 Å². The van der Waals surface area contributed by atoms with Crippen molar-refractivity contribution in [3.05, 3.63) is 65.2 Å². The van der Waals surface area contributed by atoms with Crippen LogP contribution in [0.1, 0.15) is 59.4 Å². The van der Waals surface area contributed by atoms with E-state index in [0.29, 0.717) is 37.2 Å². The number of nitrogens with one attached hydrogen (secondary N) is 2. The van der Waals surface area contributed by atoms with Gasteiger partial charge in [-0.3, -0.25) is 14.4 Å². The summed E-state index contributed by atoms with van der Waals surface area (Å²) in [5.74, 6) is -0.662. The summed E-state index contributed by atoms with van der Waals surface area (Å²) >= 11 is 0. The predicted octanol–water partition coefficient (Wildman–Crippen LogP) is 4.28. The van der Waals surface area contributed by atoms with Gasteiger partial charge in [-0.15, -0.1) is 0 Å². The van der Waals surface area contributed by atoms with E-state index in [-0.39, 0.29) is 29.3 Å². The average Bonchev–Trinajstić information content (AvgIpc) is 2.90. The number of ether oxygens (including phenoxy) is 1. The number of carbonyl (C=O) groups is 3. The summed E-state index contributed by atoms with van der Waals surface area (Å²) in [7, 11) is 1.53. The molecule has 2 atom stereocenters. The van der Waals surface area contributed by atoms with E-state index in [1.165, 1.54) is 19.2 Å². The Bertz CT molecular complexity index is 1080. The van der Waals surface area contributed by atoms with Crippen LogP contribution in [0.2, 0.25) is 0 Å². The summed E-state index contributed by atoms with van der Waals surface area (Å²) in [5.41, 5.74) is -0.257. The number of hydrogen-bond donors (Lipinski definition) is 2. The minimum Gasteiger partial charge on any atom is -0.497 e. The summed E-state index contributed by atoms with van der Waals surface area (Å²) in [6.45, 7) is 4.46. The topological polar surface area (TPSA) is 87.7 Å². The van der Waals surface area contributed by atoms with E-state index < -0.39 is 23.7 Å². The Balaban J connectivity index is 1.68. The first-order valence-corrected chi connectivity index (χ1v) is 12.2. The summed E-state index contributed by atoms with van der Waals surface area (Å²) in [6.07, 6.45) is -2.84. The normalized spacial score (nSPS) is 16.0. The number of hydrogen-bond acceptors (Lipinski definition) is 4. The molecule has 3 amide bonds. The van der Waals surface area contributed by atoms with Crippen LogP contribution in [0, 0.1) is 5.92 Å². The molecule has 0 saturated carbocycles. The molecule has 200 valence electrons. The van der Waals surface area contributed by atoms with Gasteiger partial charge in [0.15, 0.2) is 0 Å². The number of carbonyl (C=O) groups excluding carboxylic acids is 3. The molecule has 3 rings (SSSR count). The fourth-order valence-corrected chi connectivity index (χ4v) is 4.22. The Kier molecular flexibility index (Phi) is 9.18. The van der Waals surface area contributed by atoms with Crippen LogP contribution in [0.5, 0.6) is 5.75 Å². The SMILES string of the molecule is CC[C@H](C)NC(=O)[C@@H](NC(=O)c1ccc(OC)cc1)C1CCN(C(=O)c2ccc(C(F)(F)F)cc2)CC1. The molecule has 1 heterocycles. The molecule has 0 aromatic heterocycles. The lowest BCUT2D eigenvalue weighted by atomic mass is 9.88. The third kappa shape index (κ3) is 7.24. The molecule has 1 aliphatic rings. The first-order chi connectivity index (χ1) is 17.5. The van der Waals surface area contributed by atoms with Gasteiger partial charge in [-0.25, -0.2) is 0 Å². The van der Waals surface area contributed by atoms with Gasteiger partial charge in [-0.1, -0.05) is 6.92 Å². The smallest absolute Gasteiger partial charge is 0.416 e. The Morgan fingerprint density at radius 2 is 1.54 bits per heavy atom. The summed E-state index contributed by atoms with van der Waals surface area (Å²) < 4.78 is 43.6. The fourth-order valence-electron chi connectivity index (χ4n) is 4.22. The Morgan fingerprint density at radius 1 is 0.973 bits per heavy atom. The highest BCUT2D eigenvalue weighted by atomic mass is 19.4. The van der Waals surface area contributed by atoms with E-state index in [4.69, 9.17) is 4.74 Å². The van der Waals surface area contributed by atoms with Crippen LogP contribution in [0.3, 0.4) is 0 Å². The Morgan fingerprint density at radius 3 is 2.05 bits per heavy atom. The molecular weight excluding hydrogens is 487 g/mol. The van der Waals surface area contributed by atoms with Crippen molar-refractivity contribution in [2.24, 2.45) is 5.92 Å². The molecule has 7 nitrogen and oxygen atoms in total. The van der Waals surface area contributed by atoms with E-state index in [1.807, 2.05) is 13.8 Å². The van der Waals surface area contributed by atoms with Crippen molar-refractivity contribution in [1.82, 2.24) is 15.5 Å². The second-order valence-electron chi connectivity index (χ2n) is 9.20. The van der Waals surface area contributed by atoms with Crippen LogP contribution in [-0.2, 0) is 11.0 Å². The summed E-state index contributed by atoms with van der Waals surface area (Å²) in [4.78, 5) is 40.5. The third-order valence-corrected chi connectivity index (χ3v) is 6.68. The molecule has 0 aliphatic carbocycles. The van der Waals surface area contributed by atoms with E-state index in [9.17, 15) is 27.6 Å². The standard InChI is InChI=1S/C27H32F3N3O4/c1-4-17(2)31-25(35)23(32-24(34)19-7-11-22(37-3)12-8-19)18-13-15-33(16-14-18)26(36)20-5-9-21(10-6-20)27(28,29)30/h5-12,17-18,23H,4,13-16H2,1-3H3,(H,31,35)(H,32,34)/t17-,23-/m0/s1. The molecule has 10 heteroatoms. The first-order valence-electron chi connectivity index (χ1n) is 12.2. The van der Waals surface area contributed by atoms with E-state index in [2.05, 4.69) is 10.6 Å². The maximum absolute atomic E-state index is 13.1.